The van der Waals surface area contributed by atoms with Gasteiger partial charge in [0.05, 0.1) is 10.1 Å². The van der Waals surface area contributed by atoms with Gasteiger partial charge in [0.25, 0.3) is 0 Å². The number of hydrogen-bond donors (Lipinski definition) is 2. The monoisotopic (exact) mass is 378 g/mol. The Hall–Kier alpha value is -1.79. The molecule has 0 aliphatic carbocycles. The Bertz CT molecular complexity index is 665. The van der Waals surface area contributed by atoms with E-state index in [-0.39, 0.29) is 12.4 Å². The van der Waals surface area contributed by atoms with Crippen LogP contribution in [0.15, 0.2) is 41.8 Å². The summed E-state index contributed by atoms with van der Waals surface area (Å²) in [6.07, 6.45) is 4.41. The van der Waals surface area contributed by atoms with Gasteiger partial charge in [0.15, 0.2) is 6.61 Å². The van der Waals surface area contributed by atoms with E-state index in [1.165, 1.54) is 16.9 Å². The number of ketones is 1. The molecule has 2 rings (SSSR count). The standard InChI is InChI=1S/C19H22O4S2/c20-16(18-7-4-12-25-18)13-23-15-10-8-14(9-11-15)5-2-1-3-6-17(24)19(21)22/h4,7-12,17,24H,1-3,5-6,13H2,(H,21,22). The van der Waals surface area contributed by atoms with E-state index >= 15 is 0 Å². The molecule has 0 radical (unpaired) electrons. The van der Waals surface area contributed by atoms with E-state index < -0.39 is 11.2 Å². The van der Waals surface area contributed by atoms with Crippen molar-refractivity contribution in [3.8, 4) is 5.75 Å². The summed E-state index contributed by atoms with van der Waals surface area (Å²) in [7, 11) is 0. The van der Waals surface area contributed by atoms with Gasteiger partial charge in [0, 0.05) is 0 Å². The van der Waals surface area contributed by atoms with E-state index in [0.29, 0.717) is 17.0 Å². The van der Waals surface area contributed by atoms with Crippen LogP contribution in [0.5, 0.6) is 5.75 Å². The molecule has 0 saturated heterocycles. The van der Waals surface area contributed by atoms with E-state index in [4.69, 9.17) is 9.84 Å². The quantitative estimate of drug-likeness (QED) is 0.343. The summed E-state index contributed by atoms with van der Waals surface area (Å²) in [5, 5.41) is 10.1. The number of ether oxygens (including phenoxy) is 1. The van der Waals surface area contributed by atoms with Crippen LogP contribution in [0.2, 0.25) is 0 Å². The van der Waals surface area contributed by atoms with Crippen molar-refractivity contribution in [2.24, 2.45) is 0 Å². The number of thiophene rings is 1. The lowest BCUT2D eigenvalue weighted by molar-refractivity contribution is -0.136. The lowest BCUT2D eigenvalue weighted by Crippen LogP contribution is -2.12. The molecule has 0 fully saturated rings. The third kappa shape index (κ3) is 6.92. The van der Waals surface area contributed by atoms with Gasteiger partial charge in [0.1, 0.15) is 5.75 Å². The van der Waals surface area contributed by atoms with E-state index in [9.17, 15) is 9.59 Å². The van der Waals surface area contributed by atoms with Gasteiger partial charge < -0.3 is 9.84 Å². The van der Waals surface area contributed by atoms with E-state index in [1.54, 1.807) is 6.07 Å². The highest BCUT2D eigenvalue weighted by Gasteiger charge is 2.10. The summed E-state index contributed by atoms with van der Waals surface area (Å²) in [4.78, 5) is 23.3. The first-order chi connectivity index (χ1) is 12.1. The van der Waals surface area contributed by atoms with Crippen LogP contribution >= 0.6 is 24.0 Å². The van der Waals surface area contributed by atoms with Gasteiger partial charge in [-0.15, -0.1) is 11.3 Å². The second kappa shape index (κ2) is 10.3. The predicted octanol–water partition coefficient (Wildman–Crippen LogP) is 4.50. The number of unbranched alkanes of at least 4 members (excludes halogenated alkanes) is 2. The Morgan fingerprint density at radius 2 is 1.88 bits per heavy atom. The van der Waals surface area contributed by atoms with Crippen LogP contribution in [-0.2, 0) is 11.2 Å². The number of benzene rings is 1. The van der Waals surface area contributed by atoms with Crippen molar-refractivity contribution in [1.29, 1.82) is 0 Å². The third-order valence-electron chi connectivity index (χ3n) is 3.82. The zero-order valence-electron chi connectivity index (χ0n) is 13.9. The zero-order valence-corrected chi connectivity index (χ0v) is 15.6. The minimum absolute atomic E-state index is 0.0112. The molecule has 1 atom stereocenters. The summed E-state index contributed by atoms with van der Waals surface area (Å²) >= 11 is 5.44. The molecule has 1 aromatic heterocycles. The van der Waals surface area contributed by atoms with Crippen molar-refractivity contribution < 1.29 is 19.4 Å². The average molecular weight is 379 g/mol. The van der Waals surface area contributed by atoms with Crippen LogP contribution in [0, 0.1) is 0 Å². The molecule has 1 heterocycles. The fourth-order valence-electron chi connectivity index (χ4n) is 2.38. The van der Waals surface area contributed by atoms with Crippen LogP contribution in [-0.4, -0.2) is 28.7 Å². The summed E-state index contributed by atoms with van der Waals surface area (Å²) in [6, 6.07) is 11.4. The highest BCUT2D eigenvalue weighted by Crippen LogP contribution is 2.17. The summed E-state index contributed by atoms with van der Waals surface area (Å²) < 4.78 is 5.53. The van der Waals surface area contributed by atoms with Gasteiger partial charge in [-0.25, -0.2) is 0 Å². The van der Waals surface area contributed by atoms with Gasteiger partial charge in [-0.3, -0.25) is 9.59 Å². The maximum atomic E-state index is 11.9. The Morgan fingerprint density at radius 3 is 2.52 bits per heavy atom. The highest BCUT2D eigenvalue weighted by molar-refractivity contribution is 7.81. The highest BCUT2D eigenvalue weighted by atomic mass is 32.1. The lowest BCUT2D eigenvalue weighted by Gasteiger charge is -2.07. The maximum Gasteiger partial charge on any atom is 0.316 e. The van der Waals surface area contributed by atoms with Crippen molar-refractivity contribution in [3.05, 3.63) is 52.2 Å². The fraction of sp³-hybridized carbons (Fsp3) is 0.368. The number of carbonyl (C=O) groups is 2. The molecular formula is C19H22O4S2. The molecule has 1 unspecified atom stereocenters. The van der Waals surface area contributed by atoms with Crippen molar-refractivity contribution in [2.75, 3.05) is 6.61 Å². The molecule has 2 aromatic rings. The molecule has 0 spiro atoms. The van der Waals surface area contributed by atoms with Gasteiger partial charge in [0.2, 0.25) is 5.78 Å². The minimum atomic E-state index is -0.850. The number of aliphatic carboxylic acids is 1. The van der Waals surface area contributed by atoms with Crippen molar-refractivity contribution in [3.63, 3.8) is 0 Å². The number of carbonyl (C=O) groups excluding carboxylic acids is 1. The van der Waals surface area contributed by atoms with Crippen LogP contribution in [0.3, 0.4) is 0 Å². The number of carboxylic acids is 1. The summed E-state index contributed by atoms with van der Waals surface area (Å²) in [5.41, 5.74) is 1.21. The summed E-state index contributed by atoms with van der Waals surface area (Å²) in [5.74, 6) is -0.174. The average Bonchev–Trinajstić information content (AvgIpc) is 3.15. The van der Waals surface area contributed by atoms with Gasteiger partial charge in [-0.1, -0.05) is 31.0 Å². The minimum Gasteiger partial charge on any atom is -0.485 e. The largest absolute Gasteiger partial charge is 0.485 e. The number of carboxylic acid groups (broad SMARTS) is 1. The second-order valence-electron chi connectivity index (χ2n) is 5.79. The SMILES string of the molecule is O=C(COc1ccc(CCCCCC(S)C(=O)O)cc1)c1cccs1. The van der Waals surface area contributed by atoms with Crippen LogP contribution < -0.4 is 4.74 Å². The molecular weight excluding hydrogens is 356 g/mol. The number of thiol groups is 1. The van der Waals surface area contributed by atoms with Crippen molar-refractivity contribution in [1.82, 2.24) is 0 Å². The van der Waals surface area contributed by atoms with Crippen LogP contribution in [0.4, 0.5) is 0 Å². The molecule has 25 heavy (non-hydrogen) atoms. The molecule has 0 amide bonds. The number of hydrogen-bond acceptors (Lipinski definition) is 5. The Labute approximate surface area is 157 Å². The van der Waals surface area contributed by atoms with E-state index in [1.807, 2.05) is 35.7 Å². The molecule has 0 saturated carbocycles. The molecule has 134 valence electrons. The van der Waals surface area contributed by atoms with Crippen molar-refractivity contribution in [2.45, 2.75) is 37.4 Å². The van der Waals surface area contributed by atoms with Crippen LogP contribution in [0.1, 0.15) is 40.9 Å². The third-order valence-corrected chi connectivity index (χ3v) is 5.21. The van der Waals surface area contributed by atoms with Gasteiger partial charge in [-0.05, 0) is 48.4 Å². The molecule has 0 bridgehead atoms. The lowest BCUT2D eigenvalue weighted by atomic mass is 10.1. The van der Waals surface area contributed by atoms with Crippen LogP contribution in [0.25, 0.3) is 0 Å². The number of rotatable bonds is 11. The normalized spacial score (nSPS) is 11.9. The first-order valence-corrected chi connectivity index (χ1v) is 9.65. The number of Topliss-reactive ketones (excluding diaryl/α,β-unsaturated/α-hetero) is 1. The first kappa shape index (κ1) is 19.5. The molecule has 1 N–H and O–H groups in total. The number of aryl methyl sites for hydroxylation is 1. The van der Waals surface area contributed by atoms with E-state index in [2.05, 4.69) is 12.6 Å². The molecule has 6 heteroatoms. The topological polar surface area (TPSA) is 63.6 Å². The Balaban J connectivity index is 1.66. The first-order valence-electron chi connectivity index (χ1n) is 8.25. The van der Waals surface area contributed by atoms with Gasteiger partial charge in [-0.2, -0.15) is 12.6 Å². The molecule has 0 aliphatic rings. The van der Waals surface area contributed by atoms with Gasteiger partial charge >= 0.3 is 5.97 Å². The van der Waals surface area contributed by atoms with E-state index in [0.717, 1.165) is 25.7 Å². The Kier molecular flexibility index (Phi) is 8.01. The fourth-order valence-corrected chi connectivity index (χ4v) is 3.21. The zero-order chi connectivity index (χ0) is 18.1. The summed E-state index contributed by atoms with van der Waals surface area (Å²) in [6.45, 7) is 0.0499. The smallest absolute Gasteiger partial charge is 0.316 e. The molecule has 1 aromatic carbocycles. The second-order valence-corrected chi connectivity index (χ2v) is 7.36. The maximum absolute atomic E-state index is 11.9. The molecule has 4 nitrogen and oxygen atoms in total. The Morgan fingerprint density at radius 1 is 1.12 bits per heavy atom. The predicted molar refractivity (Wildman–Crippen MR) is 103 cm³/mol. The van der Waals surface area contributed by atoms with Crippen molar-refractivity contribution >= 4 is 35.7 Å². The molecule has 0 aliphatic heterocycles.